The Kier molecular flexibility index (Phi) is 5.13. The predicted octanol–water partition coefficient (Wildman–Crippen LogP) is 2.37. The van der Waals surface area contributed by atoms with E-state index in [2.05, 4.69) is 11.9 Å². The Morgan fingerprint density at radius 3 is 2.79 bits per heavy atom. The zero-order valence-corrected chi connectivity index (χ0v) is 18.6. The van der Waals surface area contributed by atoms with Crippen molar-refractivity contribution in [1.29, 1.82) is 0 Å². The molecule has 3 heterocycles. The lowest BCUT2D eigenvalue weighted by Gasteiger charge is -2.31. The van der Waals surface area contributed by atoms with Gasteiger partial charge in [-0.1, -0.05) is 36.9 Å². The highest BCUT2D eigenvalue weighted by molar-refractivity contribution is 6.02. The fourth-order valence-electron chi connectivity index (χ4n) is 4.34. The number of benzene rings is 2. The maximum atomic E-state index is 13.1. The van der Waals surface area contributed by atoms with Gasteiger partial charge in [0.05, 0.1) is 17.3 Å². The number of piperidine rings is 1. The van der Waals surface area contributed by atoms with Crippen molar-refractivity contribution in [1.82, 2.24) is 15.1 Å². The summed E-state index contributed by atoms with van der Waals surface area (Å²) in [5.74, 6) is -0.307. The van der Waals surface area contributed by atoms with E-state index in [9.17, 15) is 14.4 Å². The first-order valence-electron chi connectivity index (χ1n) is 12.8. The third-order valence-electron chi connectivity index (χ3n) is 6.18. The molecule has 0 aliphatic carbocycles. The number of allylic oxidation sites excluding steroid dienone is 1. The molecule has 8 nitrogen and oxygen atoms in total. The van der Waals surface area contributed by atoms with Gasteiger partial charge in [0.1, 0.15) is 25.0 Å². The lowest BCUT2D eigenvalue weighted by molar-refractivity contribution is -0.143. The van der Waals surface area contributed by atoms with Crippen molar-refractivity contribution in [2.24, 2.45) is 0 Å². The number of hydrogen-bond acceptors (Lipinski definition) is 5. The Hall–Kier alpha value is -3.65. The van der Waals surface area contributed by atoms with Crippen LogP contribution in [0.15, 0.2) is 54.7 Å². The minimum atomic E-state index is -1.16. The lowest BCUT2D eigenvalue weighted by atomic mass is 10.0. The monoisotopic (exact) mass is 464 g/mol. The van der Waals surface area contributed by atoms with Crippen molar-refractivity contribution in [2.75, 3.05) is 19.8 Å². The highest BCUT2D eigenvalue weighted by atomic mass is 16.5. The number of nitrogens with zero attached hydrogens (tertiary/aromatic N) is 2. The molecule has 3 aliphatic heterocycles. The number of nitrogens with one attached hydrogen (secondary N) is 1. The lowest BCUT2D eigenvalue weighted by Crippen LogP contribution is -2.49. The second kappa shape index (κ2) is 9.30. The van der Waals surface area contributed by atoms with Gasteiger partial charge in [-0.3, -0.25) is 14.4 Å². The molecule has 2 saturated heterocycles. The normalized spacial score (nSPS) is 22.6. The van der Waals surface area contributed by atoms with Gasteiger partial charge in [0.15, 0.2) is 0 Å². The summed E-state index contributed by atoms with van der Waals surface area (Å²) in [6.45, 7) is 3.37. The summed E-state index contributed by atoms with van der Waals surface area (Å²) in [4.78, 5) is 40.5. The molecule has 0 radical (unpaired) electrons. The molecule has 2 atom stereocenters. The first-order chi connectivity index (χ1) is 17.7. The molecule has 2 fully saturated rings. The molecule has 176 valence electrons. The Labute approximate surface area is 202 Å². The van der Waals surface area contributed by atoms with Crippen LogP contribution in [0.1, 0.15) is 44.0 Å². The Morgan fingerprint density at radius 2 is 2.03 bits per heavy atom. The maximum absolute atomic E-state index is 13.1. The first-order valence-corrected chi connectivity index (χ1v) is 11.2. The van der Waals surface area contributed by atoms with Crippen LogP contribution in [0.2, 0.25) is 0 Å². The number of morpholine rings is 1. The molecule has 0 saturated carbocycles. The van der Waals surface area contributed by atoms with E-state index in [1.807, 2.05) is 0 Å². The van der Waals surface area contributed by atoms with Crippen molar-refractivity contribution in [3.63, 3.8) is 0 Å². The smallest absolute Gasteiger partial charge is 0.255 e. The fraction of sp³-hybridized carbons (Fsp3) is 0.346. The molecule has 1 N–H and O–H groups in total. The standard InChI is InChI=1S/C26H27N3O5/c1-17-5-10-22(25(31)27-17)29-14-21-20(26(29)32)3-2-4-23(21)34-15-19-8-6-18(7-9-19)13-28-11-12-33-16-24(28)30/h2-4,6-9,22H,1,5,10-16H2,(H,27,31)/i6D,7D,13D. The number of rotatable bonds is 6. The highest BCUT2D eigenvalue weighted by Crippen LogP contribution is 2.34. The van der Waals surface area contributed by atoms with Crippen LogP contribution in [0.3, 0.4) is 0 Å². The van der Waals surface area contributed by atoms with Gasteiger partial charge in [-0.05, 0) is 36.1 Å². The van der Waals surface area contributed by atoms with E-state index < -0.39 is 12.6 Å². The molecule has 5 rings (SSSR count). The Morgan fingerprint density at radius 1 is 1.21 bits per heavy atom. The van der Waals surface area contributed by atoms with E-state index in [4.69, 9.17) is 13.6 Å². The number of amides is 3. The SMILES string of the molecule is [2H]c1cc(COc2cccc3c2CN(C2CCC(=C)NC2=O)C3=O)cc([2H])c1C([2H])N1CCOCC1=O. The molecule has 3 aliphatic rings. The molecule has 0 aromatic heterocycles. The van der Waals surface area contributed by atoms with Gasteiger partial charge in [-0.2, -0.15) is 0 Å². The van der Waals surface area contributed by atoms with Crippen LogP contribution in [-0.4, -0.2) is 53.3 Å². The van der Waals surface area contributed by atoms with E-state index >= 15 is 0 Å². The zero-order valence-electron chi connectivity index (χ0n) is 21.6. The second-order valence-electron chi connectivity index (χ2n) is 8.49. The predicted molar refractivity (Wildman–Crippen MR) is 124 cm³/mol. The van der Waals surface area contributed by atoms with E-state index in [1.165, 1.54) is 17.0 Å². The zero-order chi connectivity index (χ0) is 26.3. The average Bonchev–Trinajstić information content (AvgIpc) is 3.19. The second-order valence-corrected chi connectivity index (χ2v) is 8.49. The van der Waals surface area contributed by atoms with E-state index in [-0.39, 0.29) is 61.7 Å². The van der Waals surface area contributed by atoms with Gasteiger partial charge in [-0.15, -0.1) is 0 Å². The number of carbonyl (C=O) groups excluding carboxylic acids is 3. The third kappa shape index (κ3) is 4.41. The van der Waals surface area contributed by atoms with Crippen LogP contribution in [0, 0.1) is 0 Å². The van der Waals surface area contributed by atoms with Crippen LogP contribution >= 0.6 is 0 Å². The minimum absolute atomic E-state index is 0.0186. The summed E-state index contributed by atoms with van der Waals surface area (Å²) in [7, 11) is 0. The summed E-state index contributed by atoms with van der Waals surface area (Å²) in [6, 6.07) is 7.63. The summed E-state index contributed by atoms with van der Waals surface area (Å²) >= 11 is 0. The topological polar surface area (TPSA) is 88.2 Å². The molecular formula is C26H27N3O5. The summed E-state index contributed by atoms with van der Waals surface area (Å²) in [5, 5.41) is 2.73. The average molecular weight is 465 g/mol. The van der Waals surface area contributed by atoms with Crippen molar-refractivity contribution >= 4 is 17.7 Å². The molecule has 0 spiro atoms. The highest BCUT2D eigenvalue weighted by Gasteiger charge is 2.39. The Bertz CT molecular complexity index is 1280. The van der Waals surface area contributed by atoms with E-state index in [1.54, 1.807) is 23.1 Å². The van der Waals surface area contributed by atoms with Gasteiger partial charge < -0.3 is 24.6 Å². The van der Waals surface area contributed by atoms with Crippen LogP contribution in [-0.2, 0) is 34.0 Å². The number of fused-ring (bicyclic) bond motifs is 1. The first kappa shape index (κ1) is 18.7. The molecular weight excluding hydrogens is 434 g/mol. The summed E-state index contributed by atoms with van der Waals surface area (Å²) in [6.07, 6.45) is 1.12. The Balaban J connectivity index is 1.31. The quantitative estimate of drug-likeness (QED) is 0.709. The molecule has 0 bridgehead atoms. The van der Waals surface area contributed by atoms with Gasteiger partial charge >= 0.3 is 0 Å². The summed E-state index contributed by atoms with van der Waals surface area (Å²) < 4.78 is 36.4. The molecule has 3 amide bonds. The van der Waals surface area contributed by atoms with E-state index in [0.29, 0.717) is 47.6 Å². The largest absolute Gasteiger partial charge is 0.489 e. The van der Waals surface area contributed by atoms with Gasteiger partial charge in [0.25, 0.3) is 5.91 Å². The van der Waals surface area contributed by atoms with E-state index in [0.717, 1.165) is 0 Å². The molecule has 2 unspecified atom stereocenters. The van der Waals surface area contributed by atoms with Crippen molar-refractivity contribution < 1.29 is 28.0 Å². The molecule has 34 heavy (non-hydrogen) atoms. The summed E-state index contributed by atoms with van der Waals surface area (Å²) in [5.41, 5.74) is 2.53. The van der Waals surface area contributed by atoms with Crippen LogP contribution < -0.4 is 10.1 Å². The van der Waals surface area contributed by atoms with Crippen LogP contribution in [0.25, 0.3) is 0 Å². The maximum Gasteiger partial charge on any atom is 0.255 e. The number of ether oxygens (including phenoxy) is 2. The van der Waals surface area contributed by atoms with Crippen LogP contribution in [0.4, 0.5) is 0 Å². The number of carbonyl (C=O) groups is 3. The van der Waals surface area contributed by atoms with Crippen LogP contribution in [0.5, 0.6) is 5.75 Å². The fourth-order valence-corrected chi connectivity index (χ4v) is 4.34. The minimum Gasteiger partial charge on any atom is -0.489 e. The molecule has 2 aromatic carbocycles. The van der Waals surface area contributed by atoms with Crippen molar-refractivity contribution in [3.05, 3.63) is 76.9 Å². The van der Waals surface area contributed by atoms with Gasteiger partial charge in [0, 0.05) is 29.9 Å². The van der Waals surface area contributed by atoms with Gasteiger partial charge in [-0.25, -0.2) is 0 Å². The number of hydrogen-bond donors (Lipinski definition) is 1. The van der Waals surface area contributed by atoms with Crippen molar-refractivity contribution in [3.8, 4) is 5.75 Å². The molecule has 8 heteroatoms. The molecule has 2 aromatic rings. The third-order valence-corrected chi connectivity index (χ3v) is 6.18. The van der Waals surface area contributed by atoms with Gasteiger partial charge in [0.2, 0.25) is 11.8 Å². The van der Waals surface area contributed by atoms with Crippen molar-refractivity contribution in [2.45, 2.75) is 38.6 Å².